The van der Waals surface area contributed by atoms with E-state index in [0.29, 0.717) is 24.3 Å². The second-order valence-electron chi connectivity index (χ2n) is 4.43. The summed E-state index contributed by atoms with van der Waals surface area (Å²) in [6.07, 6.45) is 3.14. The first-order valence-electron chi connectivity index (χ1n) is 6.31. The first kappa shape index (κ1) is 14.5. The molecule has 0 atom stereocenters. The highest BCUT2D eigenvalue weighted by Gasteiger charge is 2.18. The normalized spacial score (nSPS) is 11.6. The van der Waals surface area contributed by atoms with Crippen molar-refractivity contribution in [2.75, 3.05) is 4.72 Å². The largest absolute Gasteiger partial charge is 0.326 e. The number of hydrogen-bond donors (Lipinski definition) is 2. The fourth-order valence-corrected chi connectivity index (χ4v) is 3.29. The van der Waals surface area contributed by atoms with Gasteiger partial charge in [0.25, 0.3) is 10.0 Å². The van der Waals surface area contributed by atoms with Crippen molar-refractivity contribution >= 4 is 15.7 Å². The minimum atomic E-state index is -3.63. The van der Waals surface area contributed by atoms with Gasteiger partial charge in [-0.15, -0.1) is 0 Å². The average molecular weight is 294 g/mol. The molecule has 6 nitrogen and oxygen atoms in total. The molecule has 0 aliphatic rings. The first-order valence-corrected chi connectivity index (χ1v) is 7.80. The minimum Gasteiger partial charge on any atom is -0.326 e. The lowest BCUT2D eigenvalue weighted by Crippen LogP contribution is -2.15. The molecule has 7 heteroatoms. The Kier molecular flexibility index (Phi) is 4.10. The van der Waals surface area contributed by atoms with E-state index in [4.69, 9.17) is 5.73 Å². The molecule has 0 spiro atoms. The van der Waals surface area contributed by atoms with E-state index >= 15 is 0 Å². The number of benzene rings is 1. The predicted molar refractivity (Wildman–Crippen MR) is 77.8 cm³/mol. The van der Waals surface area contributed by atoms with E-state index in [-0.39, 0.29) is 4.90 Å². The van der Waals surface area contributed by atoms with Crippen LogP contribution in [0.25, 0.3) is 0 Å². The minimum absolute atomic E-state index is 0.240. The topological polar surface area (TPSA) is 90.0 Å². The third kappa shape index (κ3) is 2.83. The van der Waals surface area contributed by atoms with Gasteiger partial charge in [-0.1, -0.05) is 12.1 Å². The lowest BCUT2D eigenvalue weighted by Gasteiger charge is -2.11. The standard InChI is InChI=1S/C13H18N4O2S/c1-3-17-9-12(8-15-17)16-20(18,19)13-6-4-5-11(7-14)10(13)2/h4-6,8-9,16H,3,7,14H2,1-2H3. The molecule has 20 heavy (non-hydrogen) atoms. The van der Waals surface area contributed by atoms with Crippen LogP contribution in [0.2, 0.25) is 0 Å². The molecular formula is C13H18N4O2S. The van der Waals surface area contributed by atoms with Crippen LogP contribution in [0.3, 0.4) is 0 Å². The maximum Gasteiger partial charge on any atom is 0.262 e. The molecule has 0 fully saturated rings. The zero-order valence-corrected chi connectivity index (χ0v) is 12.3. The van der Waals surface area contributed by atoms with E-state index in [2.05, 4.69) is 9.82 Å². The van der Waals surface area contributed by atoms with Gasteiger partial charge in [0.15, 0.2) is 0 Å². The van der Waals surface area contributed by atoms with E-state index < -0.39 is 10.0 Å². The highest BCUT2D eigenvalue weighted by atomic mass is 32.2. The summed E-state index contributed by atoms with van der Waals surface area (Å²) in [4.78, 5) is 0.240. The molecule has 1 aromatic carbocycles. The Labute approximate surface area is 118 Å². The number of rotatable bonds is 5. The van der Waals surface area contributed by atoms with Crippen LogP contribution in [0.5, 0.6) is 0 Å². The van der Waals surface area contributed by atoms with Gasteiger partial charge in [-0.2, -0.15) is 5.10 Å². The van der Waals surface area contributed by atoms with E-state index in [1.54, 1.807) is 29.9 Å². The highest BCUT2D eigenvalue weighted by molar-refractivity contribution is 7.92. The van der Waals surface area contributed by atoms with Crippen LogP contribution in [0.4, 0.5) is 5.69 Å². The molecule has 108 valence electrons. The van der Waals surface area contributed by atoms with Gasteiger partial charge in [0.1, 0.15) is 0 Å². The molecule has 0 radical (unpaired) electrons. The van der Waals surface area contributed by atoms with Crippen LogP contribution in [0.15, 0.2) is 35.5 Å². The molecule has 2 rings (SSSR count). The van der Waals surface area contributed by atoms with Crippen LogP contribution in [-0.2, 0) is 23.1 Å². The molecule has 0 aliphatic heterocycles. The van der Waals surface area contributed by atoms with Crippen molar-refractivity contribution in [1.82, 2.24) is 9.78 Å². The molecule has 0 saturated carbocycles. The number of nitrogens with two attached hydrogens (primary N) is 1. The fourth-order valence-electron chi connectivity index (χ4n) is 1.97. The number of nitrogens with zero attached hydrogens (tertiary/aromatic N) is 2. The van der Waals surface area contributed by atoms with Crippen LogP contribution >= 0.6 is 0 Å². The smallest absolute Gasteiger partial charge is 0.262 e. The Morgan fingerprint density at radius 1 is 1.40 bits per heavy atom. The third-order valence-electron chi connectivity index (χ3n) is 3.12. The number of hydrogen-bond acceptors (Lipinski definition) is 4. The summed E-state index contributed by atoms with van der Waals surface area (Å²) in [6.45, 7) is 4.68. The Bertz CT molecular complexity index is 707. The van der Waals surface area contributed by atoms with E-state index in [9.17, 15) is 8.42 Å². The van der Waals surface area contributed by atoms with Crippen LogP contribution in [0, 0.1) is 6.92 Å². The van der Waals surface area contributed by atoms with Crippen molar-refractivity contribution in [3.8, 4) is 0 Å². The molecule has 2 aromatic rings. The Morgan fingerprint density at radius 2 is 2.15 bits per heavy atom. The SMILES string of the molecule is CCn1cc(NS(=O)(=O)c2cccc(CN)c2C)cn1. The van der Waals surface area contributed by atoms with Gasteiger partial charge in [0.2, 0.25) is 0 Å². The van der Waals surface area contributed by atoms with Crippen LogP contribution in [0.1, 0.15) is 18.1 Å². The van der Waals surface area contributed by atoms with Gasteiger partial charge in [-0.05, 0) is 31.0 Å². The van der Waals surface area contributed by atoms with Gasteiger partial charge in [0, 0.05) is 19.3 Å². The molecule has 0 amide bonds. The number of aryl methyl sites for hydroxylation is 1. The lowest BCUT2D eigenvalue weighted by molar-refractivity contribution is 0.600. The second kappa shape index (κ2) is 5.64. The summed E-state index contributed by atoms with van der Waals surface area (Å²) in [7, 11) is -3.63. The fraction of sp³-hybridized carbons (Fsp3) is 0.308. The van der Waals surface area contributed by atoms with Crippen LogP contribution < -0.4 is 10.5 Å². The van der Waals surface area contributed by atoms with Crippen molar-refractivity contribution in [1.29, 1.82) is 0 Å². The quantitative estimate of drug-likeness (QED) is 0.873. The zero-order chi connectivity index (χ0) is 14.8. The zero-order valence-electron chi connectivity index (χ0n) is 11.5. The summed E-state index contributed by atoms with van der Waals surface area (Å²) in [5.74, 6) is 0. The van der Waals surface area contributed by atoms with Gasteiger partial charge in [-0.25, -0.2) is 8.42 Å². The molecule has 3 N–H and O–H groups in total. The highest BCUT2D eigenvalue weighted by Crippen LogP contribution is 2.21. The molecule has 0 saturated heterocycles. The summed E-state index contributed by atoms with van der Waals surface area (Å²) in [5.41, 5.74) is 7.55. The molecule has 0 bridgehead atoms. The van der Waals surface area contributed by atoms with Crippen LogP contribution in [-0.4, -0.2) is 18.2 Å². The maximum absolute atomic E-state index is 12.4. The summed E-state index contributed by atoms with van der Waals surface area (Å²) in [6, 6.07) is 5.09. The number of anilines is 1. The third-order valence-corrected chi connectivity index (χ3v) is 4.64. The Balaban J connectivity index is 2.35. The number of sulfonamides is 1. The van der Waals surface area contributed by atoms with Crippen molar-refractivity contribution in [3.63, 3.8) is 0 Å². The number of aromatic nitrogens is 2. The average Bonchev–Trinajstić information content (AvgIpc) is 2.85. The van der Waals surface area contributed by atoms with Gasteiger partial charge < -0.3 is 5.73 Å². The van der Waals surface area contributed by atoms with Crippen molar-refractivity contribution in [3.05, 3.63) is 41.7 Å². The van der Waals surface area contributed by atoms with Gasteiger partial charge in [-0.3, -0.25) is 9.40 Å². The van der Waals surface area contributed by atoms with Crippen molar-refractivity contribution in [2.24, 2.45) is 5.73 Å². The molecule has 1 heterocycles. The first-order chi connectivity index (χ1) is 9.47. The Morgan fingerprint density at radius 3 is 2.75 bits per heavy atom. The molecule has 1 aromatic heterocycles. The summed E-state index contributed by atoms with van der Waals surface area (Å²) in [5, 5.41) is 4.04. The lowest BCUT2D eigenvalue weighted by atomic mass is 10.1. The van der Waals surface area contributed by atoms with Gasteiger partial charge >= 0.3 is 0 Å². The second-order valence-corrected chi connectivity index (χ2v) is 6.09. The van der Waals surface area contributed by atoms with E-state index in [1.807, 2.05) is 13.0 Å². The van der Waals surface area contributed by atoms with Gasteiger partial charge in [0.05, 0.1) is 16.8 Å². The van der Waals surface area contributed by atoms with Crippen molar-refractivity contribution in [2.45, 2.75) is 31.8 Å². The summed E-state index contributed by atoms with van der Waals surface area (Å²) < 4.78 is 29.0. The predicted octanol–water partition coefficient (Wildman–Crippen LogP) is 1.47. The van der Waals surface area contributed by atoms with E-state index in [1.165, 1.54) is 6.20 Å². The number of nitrogens with one attached hydrogen (secondary N) is 1. The molecule has 0 aliphatic carbocycles. The maximum atomic E-state index is 12.4. The molecule has 0 unspecified atom stereocenters. The monoisotopic (exact) mass is 294 g/mol. The van der Waals surface area contributed by atoms with Crippen molar-refractivity contribution < 1.29 is 8.42 Å². The Hall–Kier alpha value is -1.86. The molecular weight excluding hydrogens is 276 g/mol. The van der Waals surface area contributed by atoms with E-state index in [0.717, 1.165) is 5.56 Å². The summed E-state index contributed by atoms with van der Waals surface area (Å²) >= 11 is 0.